The van der Waals surface area contributed by atoms with Gasteiger partial charge in [0, 0.05) is 19.5 Å². The zero-order valence-corrected chi connectivity index (χ0v) is 13.5. The summed E-state index contributed by atoms with van der Waals surface area (Å²) in [6, 6.07) is 18.5. The lowest BCUT2D eigenvalue weighted by atomic mass is 9.96. The van der Waals surface area contributed by atoms with E-state index in [1.807, 2.05) is 42.5 Å². The first-order valence-corrected chi connectivity index (χ1v) is 8.67. The Balaban J connectivity index is 2.21. The average molecular weight is 315 g/mol. The van der Waals surface area contributed by atoms with Gasteiger partial charge in [-0.1, -0.05) is 54.6 Å². The van der Waals surface area contributed by atoms with E-state index in [0.29, 0.717) is 11.4 Å². The minimum Gasteiger partial charge on any atom is -0.207 e. The maximum atomic E-state index is 12.6. The van der Waals surface area contributed by atoms with Gasteiger partial charge in [0.05, 0.1) is 4.90 Å². The van der Waals surface area contributed by atoms with Crippen molar-refractivity contribution in [1.82, 2.24) is 4.31 Å². The molecule has 22 heavy (non-hydrogen) atoms. The minimum absolute atomic E-state index is 0.0992. The number of benzene rings is 2. The van der Waals surface area contributed by atoms with E-state index in [1.165, 1.54) is 4.31 Å². The summed E-state index contributed by atoms with van der Waals surface area (Å²) < 4.78 is 26.6. The lowest BCUT2D eigenvalue weighted by Crippen LogP contribution is -2.31. The zero-order chi connectivity index (χ0) is 16.0. The maximum absolute atomic E-state index is 12.6. The van der Waals surface area contributed by atoms with Crippen LogP contribution in [0.1, 0.15) is 17.9 Å². The van der Waals surface area contributed by atoms with Crippen LogP contribution in [-0.2, 0) is 10.0 Å². The van der Waals surface area contributed by atoms with E-state index in [0.717, 1.165) is 12.0 Å². The molecule has 2 aromatic carbocycles. The van der Waals surface area contributed by atoms with Gasteiger partial charge in [0.2, 0.25) is 10.0 Å². The van der Waals surface area contributed by atoms with Crippen LogP contribution in [0.2, 0.25) is 0 Å². The Labute approximate surface area is 133 Å². The SMILES string of the molecule is C=CCC(CN(C)S(=O)(=O)c1ccccc1)c1ccccc1. The van der Waals surface area contributed by atoms with Crippen LogP contribution in [0, 0.1) is 0 Å². The number of likely N-dealkylation sites (N-methyl/N-ethyl adjacent to an activating group) is 1. The second kappa shape index (κ2) is 7.38. The molecule has 4 heteroatoms. The topological polar surface area (TPSA) is 37.4 Å². The van der Waals surface area contributed by atoms with E-state index in [1.54, 1.807) is 31.3 Å². The molecule has 2 aromatic rings. The van der Waals surface area contributed by atoms with Crippen molar-refractivity contribution in [3.8, 4) is 0 Å². The molecular weight excluding hydrogens is 294 g/mol. The minimum atomic E-state index is -3.46. The monoisotopic (exact) mass is 315 g/mol. The van der Waals surface area contributed by atoms with E-state index in [-0.39, 0.29) is 5.92 Å². The smallest absolute Gasteiger partial charge is 0.207 e. The van der Waals surface area contributed by atoms with Crippen LogP contribution in [-0.4, -0.2) is 26.3 Å². The van der Waals surface area contributed by atoms with Crippen molar-refractivity contribution in [1.29, 1.82) is 0 Å². The van der Waals surface area contributed by atoms with E-state index in [4.69, 9.17) is 0 Å². The highest BCUT2D eigenvalue weighted by atomic mass is 32.2. The van der Waals surface area contributed by atoms with Crippen molar-refractivity contribution in [2.75, 3.05) is 13.6 Å². The molecule has 0 bridgehead atoms. The molecule has 0 amide bonds. The normalized spacial score (nSPS) is 13.0. The predicted molar refractivity (Wildman–Crippen MR) is 90.3 cm³/mol. The fourth-order valence-electron chi connectivity index (χ4n) is 2.42. The molecule has 0 radical (unpaired) electrons. The summed E-state index contributed by atoms with van der Waals surface area (Å²) in [7, 11) is -1.83. The number of hydrogen-bond donors (Lipinski definition) is 0. The van der Waals surface area contributed by atoms with Gasteiger partial charge >= 0.3 is 0 Å². The first kappa shape index (κ1) is 16.5. The highest BCUT2D eigenvalue weighted by Crippen LogP contribution is 2.23. The Morgan fingerprint density at radius 1 is 1.05 bits per heavy atom. The summed E-state index contributed by atoms with van der Waals surface area (Å²) in [6.45, 7) is 4.21. The number of allylic oxidation sites excluding steroid dienone is 1. The highest BCUT2D eigenvalue weighted by Gasteiger charge is 2.23. The van der Waals surface area contributed by atoms with Gasteiger partial charge in [0.25, 0.3) is 0 Å². The molecule has 0 spiro atoms. The van der Waals surface area contributed by atoms with E-state index in [9.17, 15) is 8.42 Å². The van der Waals surface area contributed by atoms with Crippen molar-refractivity contribution >= 4 is 10.0 Å². The molecule has 0 aliphatic carbocycles. The Morgan fingerprint density at radius 2 is 1.59 bits per heavy atom. The number of rotatable bonds is 7. The number of hydrogen-bond acceptors (Lipinski definition) is 2. The van der Waals surface area contributed by atoms with Gasteiger partial charge in [-0.25, -0.2) is 12.7 Å². The fourth-order valence-corrected chi connectivity index (χ4v) is 3.66. The fraction of sp³-hybridized carbons (Fsp3) is 0.222. The summed E-state index contributed by atoms with van der Waals surface area (Å²) in [6.07, 6.45) is 2.57. The van der Waals surface area contributed by atoms with Crippen LogP contribution in [0.3, 0.4) is 0 Å². The van der Waals surface area contributed by atoms with Crippen molar-refractivity contribution < 1.29 is 8.42 Å². The Hall–Kier alpha value is -1.91. The van der Waals surface area contributed by atoms with E-state index < -0.39 is 10.0 Å². The molecule has 0 aromatic heterocycles. The van der Waals surface area contributed by atoms with Crippen molar-refractivity contribution in [2.45, 2.75) is 17.2 Å². The molecular formula is C18H21NO2S. The molecule has 1 atom stereocenters. The molecule has 0 aliphatic heterocycles. The van der Waals surface area contributed by atoms with Crippen molar-refractivity contribution in [3.05, 3.63) is 78.9 Å². The summed E-state index contributed by atoms with van der Waals surface area (Å²) in [4.78, 5) is 0.322. The van der Waals surface area contributed by atoms with Crippen LogP contribution >= 0.6 is 0 Å². The van der Waals surface area contributed by atoms with Gasteiger partial charge in [-0.2, -0.15) is 0 Å². The molecule has 0 saturated carbocycles. The van der Waals surface area contributed by atoms with Gasteiger partial charge < -0.3 is 0 Å². The van der Waals surface area contributed by atoms with Crippen LogP contribution in [0.15, 0.2) is 78.2 Å². The largest absolute Gasteiger partial charge is 0.242 e. The van der Waals surface area contributed by atoms with Crippen LogP contribution < -0.4 is 0 Å². The average Bonchev–Trinajstić information content (AvgIpc) is 2.56. The summed E-state index contributed by atoms with van der Waals surface area (Å²) in [5.74, 6) is 0.0992. The molecule has 0 N–H and O–H groups in total. The summed E-state index contributed by atoms with van der Waals surface area (Å²) >= 11 is 0. The summed E-state index contributed by atoms with van der Waals surface area (Å²) in [5, 5.41) is 0. The third-order valence-corrected chi connectivity index (χ3v) is 5.49. The van der Waals surface area contributed by atoms with Gasteiger partial charge in [0.15, 0.2) is 0 Å². The molecule has 0 aliphatic rings. The molecule has 0 saturated heterocycles. The van der Waals surface area contributed by atoms with E-state index in [2.05, 4.69) is 6.58 Å². The predicted octanol–water partition coefficient (Wildman–Crippen LogP) is 3.67. The first-order chi connectivity index (χ1) is 10.6. The standard InChI is InChI=1S/C18H21NO2S/c1-3-10-17(16-11-6-4-7-12-16)15-19(2)22(20,21)18-13-8-5-9-14-18/h3-9,11-14,17H,1,10,15H2,2H3. The lowest BCUT2D eigenvalue weighted by molar-refractivity contribution is 0.436. The molecule has 1 unspecified atom stereocenters. The van der Waals surface area contributed by atoms with Gasteiger partial charge in [0.1, 0.15) is 0 Å². The van der Waals surface area contributed by atoms with Crippen molar-refractivity contribution in [2.24, 2.45) is 0 Å². The number of sulfonamides is 1. The molecule has 0 fully saturated rings. The Bertz CT molecular complexity index is 696. The third kappa shape index (κ3) is 3.84. The molecule has 116 valence electrons. The highest BCUT2D eigenvalue weighted by molar-refractivity contribution is 7.89. The van der Waals surface area contributed by atoms with Crippen LogP contribution in [0.25, 0.3) is 0 Å². The van der Waals surface area contributed by atoms with Gasteiger partial charge in [-0.05, 0) is 24.1 Å². The van der Waals surface area contributed by atoms with Crippen LogP contribution in [0.4, 0.5) is 0 Å². The second-order valence-electron chi connectivity index (χ2n) is 5.23. The molecule has 3 nitrogen and oxygen atoms in total. The Kier molecular flexibility index (Phi) is 5.52. The maximum Gasteiger partial charge on any atom is 0.242 e. The van der Waals surface area contributed by atoms with Crippen LogP contribution in [0.5, 0.6) is 0 Å². The van der Waals surface area contributed by atoms with Gasteiger partial charge in [-0.15, -0.1) is 6.58 Å². The summed E-state index contributed by atoms with van der Waals surface area (Å²) in [5.41, 5.74) is 1.12. The zero-order valence-electron chi connectivity index (χ0n) is 12.7. The van der Waals surface area contributed by atoms with E-state index >= 15 is 0 Å². The molecule has 2 rings (SSSR count). The first-order valence-electron chi connectivity index (χ1n) is 7.23. The molecule has 0 heterocycles. The third-order valence-electron chi connectivity index (χ3n) is 3.65. The second-order valence-corrected chi connectivity index (χ2v) is 7.28. The lowest BCUT2D eigenvalue weighted by Gasteiger charge is -2.23. The number of nitrogens with zero attached hydrogens (tertiary/aromatic N) is 1. The van der Waals surface area contributed by atoms with Crippen molar-refractivity contribution in [3.63, 3.8) is 0 Å². The van der Waals surface area contributed by atoms with Gasteiger partial charge in [-0.3, -0.25) is 0 Å². The Morgan fingerprint density at radius 3 is 2.14 bits per heavy atom. The quantitative estimate of drug-likeness (QED) is 0.731.